The Bertz CT molecular complexity index is 224. The van der Waals surface area contributed by atoms with Gasteiger partial charge in [-0.05, 0) is 39.2 Å². The molecule has 2 fully saturated rings. The Balaban J connectivity index is 1.82. The van der Waals surface area contributed by atoms with Crippen molar-refractivity contribution in [3.63, 3.8) is 0 Å². The Hall–Kier alpha value is -0.120. The minimum atomic E-state index is 0.401. The van der Waals surface area contributed by atoms with Crippen LogP contribution in [0.4, 0.5) is 0 Å². The zero-order valence-corrected chi connectivity index (χ0v) is 11.6. The van der Waals surface area contributed by atoms with Crippen molar-refractivity contribution in [1.29, 1.82) is 0 Å². The molecule has 3 nitrogen and oxygen atoms in total. The number of ether oxygens (including phenoxy) is 1. The van der Waals surface area contributed by atoms with Crippen LogP contribution in [0.25, 0.3) is 0 Å². The summed E-state index contributed by atoms with van der Waals surface area (Å²) in [5, 5.41) is 3.65. The topological polar surface area (TPSA) is 24.5 Å². The molecule has 1 aliphatic carbocycles. The maximum atomic E-state index is 5.80. The van der Waals surface area contributed by atoms with Crippen LogP contribution < -0.4 is 5.32 Å². The van der Waals surface area contributed by atoms with Gasteiger partial charge in [0.15, 0.2) is 0 Å². The first-order valence-electron chi connectivity index (χ1n) is 7.30. The van der Waals surface area contributed by atoms with E-state index in [2.05, 4.69) is 31.0 Å². The second-order valence-corrected chi connectivity index (χ2v) is 5.83. The van der Waals surface area contributed by atoms with E-state index >= 15 is 0 Å². The van der Waals surface area contributed by atoms with Crippen molar-refractivity contribution in [2.24, 2.45) is 5.92 Å². The summed E-state index contributed by atoms with van der Waals surface area (Å²) in [6.45, 7) is 11.2. The molecule has 0 aromatic rings. The summed E-state index contributed by atoms with van der Waals surface area (Å²) in [6.07, 6.45) is 4.97. The van der Waals surface area contributed by atoms with E-state index in [0.717, 1.165) is 31.6 Å². The van der Waals surface area contributed by atoms with E-state index in [4.69, 9.17) is 4.74 Å². The van der Waals surface area contributed by atoms with Gasteiger partial charge in [-0.25, -0.2) is 0 Å². The molecule has 1 aliphatic heterocycles. The van der Waals surface area contributed by atoms with E-state index < -0.39 is 0 Å². The molecule has 0 aromatic heterocycles. The lowest BCUT2D eigenvalue weighted by molar-refractivity contribution is -0.0719. The van der Waals surface area contributed by atoms with Crippen molar-refractivity contribution >= 4 is 0 Å². The zero-order chi connectivity index (χ0) is 12.3. The van der Waals surface area contributed by atoms with Crippen molar-refractivity contribution in [2.45, 2.75) is 58.3 Å². The Morgan fingerprint density at radius 1 is 1.18 bits per heavy atom. The van der Waals surface area contributed by atoms with Crippen molar-refractivity contribution in [3.05, 3.63) is 0 Å². The molecule has 2 aliphatic rings. The van der Waals surface area contributed by atoms with E-state index in [0.29, 0.717) is 12.2 Å². The van der Waals surface area contributed by atoms with Crippen LogP contribution in [0.1, 0.15) is 40.0 Å². The molecule has 1 saturated carbocycles. The molecule has 0 radical (unpaired) electrons. The third-order valence-corrected chi connectivity index (χ3v) is 4.11. The maximum absolute atomic E-state index is 5.80. The summed E-state index contributed by atoms with van der Waals surface area (Å²) < 4.78 is 5.80. The number of hydrogen-bond acceptors (Lipinski definition) is 3. The molecular weight excluding hydrogens is 212 g/mol. The fourth-order valence-corrected chi connectivity index (χ4v) is 3.55. The Morgan fingerprint density at radius 3 is 2.53 bits per heavy atom. The predicted octanol–water partition coefficient (Wildman–Crippen LogP) is 1.87. The summed E-state index contributed by atoms with van der Waals surface area (Å²) in [5.41, 5.74) is 0. The minimum Gasteiger partial charge on any atom is -0.373 e. The highest BCUT2D eigenvalue weighted by atomic mass is 16.5. The van der Waals surface area contributed by atoms with Gasteiger partial charge in [-0.2, -0.15) is 0 Å². The molecule has 3 heteroatoms. The predicted molar refractivity (Wildman–Crippen MR) is 71.3 cm³/mol. The van der Waals surface area contributed by atoms with Crippen molar-refractivity contribution < 1.29 is 4.74 Å². The average Bonchev–Trinajstić information content (AvgIpc) is 2.65. The molecule has 100 valence electrons. The molecular formula is C14H28N2O. The van der Waals surface area contributed by atoms with Gasteiger partial charge in [0.2, 0.25) is 0 Å². The summed E-state index contributed by atoms with van der Waals surface area (Å²) >= 11 is 0. The van der Waals surface area contributed by atoms with Gasteiger partial charge in [-0.15, -0.1) is 0 Å². The molecule has 0 bridgehead atoms. The average molecular weight is 240 g/mol. The van der Waals surface area contributed by atoms with Gasteiger partial charge in [0.05, 0.1) is 12.2 Å². The largest absolute Gasteiger partial charge is 0.373 e. The fourth-order valence-electron chi connectivity index (χ4n) is 3.55. The van der Waals surface area contributed by atoms with E-state index in [1.165, 1.54) is 25.8 Å². The number of rotatable bonds is 4. The molecule has 2 unspecified atom stereocenters. The quantitative estimate of drug-likeness (QED) is 0.812. The van der Waals surface area contributed by atoms with Crippen LogP contribution in [0, 0.1) is 5.92 Å². The summed E-state index contributed by atoms with van der Waals surface area (Å²) in [5.74, 6) is 0.854. The first kappa shape index (κ1) is 13.3. The van der Waals surface area contributed by atoms with E-state index in [-0.39, 0.29) is 0 Å². The lowest BCUT2D eigenvalue weighted by atomic mass is 10.0. The van der Waals surface area contributed by atoms with Gasteiger partial charge in [0.25, 0.3) is 0 Å². The van der Waals surface area contributed by atoms with Crippen LogP contribution in [0.5, 0.6) is 0 Å². The SMILES string of the molecule is CCNC1CCCC1CN1C[C@@H](C)O[C@@H](C)C1. The van der Waals surface area contributed by atoms with Gasteiger partial charge >= 0.3 is 0 Å². The van der Waals surface area contributed by atoms with Crippen LogP contribution >= 0.6 is 0 Å². The van der Waals surface area contributed by atoms with Crippen LogP contribution in [-0.4, -0.2) is 49.3 Å². The molecule has 1 saturated heterocycles. The third-order valence-electron chi connectivity index (χ3n) is 4.11. The highest BCUT2D eigenvalue weighted by molar-refractivity contribution is 4.86. The summed E-state index contributed by atoms with van der Waals surface area (Å²) in [4.78, 5) is 2.61. The normalized spacial score (nSPS) is 39.7. The molecule has 0 spiro atoms. The van der Waals surface area contributed by atoms with E-state index in [9.17, 15) is 0 Å². The van der Waals surface area contributed by atoms with Gasteiger partial charge in [0.1, 0.15) is 0 Å². The zero-order valence-electron chi connectivity index (χ0n) is 11.6. The second kappa shape index (κ2) is 6.17. The first-order chi connectivity index (χ1) is 8.19. The molecule has 0 amide bonds. The van der Waals surface area contributed by atoms with Gasteiger partial charge in [-0.3, -0.25) is 4.90 Å². The molecule has 17 heavy (non-hydrogen) atoms. The summed E-state index contributed by atoms with van der Waals surface area (Å²) in [7, 11) is 0. The monoisotopic (exact) mass is 240 g/mol. The number of nitrogens with one attached hydrogen (secondary N) is 1. The minimum absolute atomic E-state index is 0.401. The standard InChI is InChI=1S/C14H28N2O/c1-4-15-14-7-5-6-13(14)10-16-8-11(2)17-12(3)9-16/h11-15H,4-10H2,1-3H3/t11-,12+,13?,14?. The Morgan fingerprint density at radius 2 is 1.88 bits per heavy atom. The van der Waals surface area contributed by atoms with Crippen LogP contribution in [0.2, 0.25) is 0 Å². The highest BCUT2D eigenvalue weighted by Crippen LogP contribution is 2.27. The Kier molecular flexibility index (Phi) is 4.83. The maximum Gasteiger partial charge on any atom is 0.0678 e. The smallest absolute Gasteiger partial charge is 0.0678 e. The molecule has 0 aromatic carbocycles. The van der Waals surface area contributed by atoms with Gasteiger partial charge in [0, 0.05) is 25.7 Å². The molecule has 2 rings (SSSR count). The van der Waals surface area contributed by atoms with Gasteiger partial charge in [-0.1, -0.05) is 13.3 Å². The van der Waals surface area contributed by atoms with Crippen LogP contribution in [-0.2, 0) is 4.74 Å². The van der Waals surface area contributed by atoms with Crippen LogP contribution in [0.15, 0.2) is 0 Å². The lowest BCUT2D eigenvalue weighted by Crippen LogP contribution is -2.49. The number of nitrogens with zero attached hydrogens (tertiary/aromatic N) is 1. The highest BCUT2D eigenvalue weighted by Gasteiger charge is 2.30. The van der Waals surface area contributed by atoms with Gasteiger partial charge < -0.3 is 10.1 Å². The van der Waals surface area contributed by atoms with Crippen molar-refractivity contribution in [2.75, 3.05) is 26.2 Å². The summed E-state index contributed by atoms with van der Waals surface area (Å²) in [6, 6.07) is 0.758. The molecule has 1 heterocycles. The van der Waals surface area contributed by atoms with E-state index in [1.807, 2.05) is 0 Å². The molecule has 4 atom stereocenters. The third kappa shape index (κ3) is 3.67. The van der Waals surface area contributed by atoms with Crippen molar-refractivity contribution in [3.8, 4) is 0 Å². The fraction of sp³-hybridized carbons (Fsp3) is 1.00. The lowest BCUT2D eigenvalue weighted by Gasteiger charge is -2.37. The number of hydrogen-bond donors (Lipinski definition) is 1. The van der Waals surface area contributed by atoms with Crippen LogP contribution in [0.3, 0.4) is 0 Å². The number of morpholine rings is 1. The Labute approximate surface area is 106 Å². The van der Waals surface area contributed by atoms with E-state index in [1.54, 1.807) is 0 Å². The molecule has 1 N–H and O–H groups in total. The van der Waals surface area contributed by atoms with Crippen molar-refractivity contribution in [1.82, 2.24) is 10.2 Å². The second-order valence-electron chi connectivity index (χ2n) is 5.83. The first-order valence-corrected chi connectivity index (χ1v) is 7.30.